The molecule has 1 aromatic carbocycles. The van der Waals surface area contributed by atoms with E-state index < -0.39 is 0 Å². The maximum absolute atomic E-state index is 12.5. The lowest BCUT2D eigenvalue weighted by Gasteiger charge is -2.32. The molecule has 1 unspecified atom stereocenters. The lowest BCUT2D eigenvalue weighted by Crippen LogP contribution is -2.40. The fraction of sp³-hybridized carbons (Fsp3) is 0.588. The summed E-state index contributed by atoms with van der Waals surface area (Å²) < 4.78 is 0. The molecule has 1 aromatic rings. The predicted molar refractivity (Wildman–Crippen MR) is 87.6 cm³/mol. The molecule has 0 N–H and O–H groups in total. The number of rotatable bonds is 2. The predicted octanol–water partition coefficient (Wildman–Crippen LogP) is 4.23. The summed E-state index contributed by atoms with van der Waals surface area (Å²) in [5.74, 6) is 0.776. The number of nitrogens with zero attached hydrogens (tertiary/aromatic N) is 1. The van der Waals surface area contributed by atoms with Crippen LogP contribution >= 0.6 is 15.9 Å². The second-order valence-electron chi connectivity index (χ2n) is 6.74. The summed E-state index contributed by atoms with van der Waals surface area (Å²) in [6, 6.07) is 8.11. The van der Waals surface area contributed by atoms with E-state index in [0.717, 1.165) is 30.4 Å². The minimum atomic E-state index is 0.133. The number of benzene rings is 1. The topological polar surface area (TPSA) is 20.3 Å². The fourth-order valence-corrected chi connectivity index (χ4v) is 3.20. The molecule has 1 aliphatic rings. The van der Waals surface area contributed by atoms with Crippen molar-refractivity contribution in [3.63, 3.8) is 0 Å². The van der Waals surface area contributed by atoms with Gasteiger partial charge in [0.1, 0.15) is 0 Å². The maximum atomic E-state index is 12.5. The first-order valence-electron chi connectivity index (χ1n) is 7.37. The van der Waals surface area contributed by atoms with Crippen molar-refractivity contribution in [2.75, 3.05) is 18.4 Å². The Balaban J connectivity index is 2.09. The molecule has 2 nitrogen and oxygen atoms in total. The Morgan fingerprint density at radius 2 is 1.95 bits per heavy atom. The van der Waals surface area contributed by atoms with E-state index in [4.69, 9.17) is 0 Å². The molecule has 0 saturated carbocycles. The highest BCUT2D eigenvalue weighted by Gasteiger charge is 2.24. The summed E-state index contributed by atoms with van der Waals surface area (Å²) in [7, 11) is 0. The third kappa shape index (κ3) is 3.63. The van der Waals surface area contributed by atoms with Crippen LogP contribution < -0.4 is 0 Å². The molecule has 1 saturated heterocycles. The van der Waals surface area contributed by atoms with Crippen LogP contribution in [-0.4, -0.2) is 29.2 Å². The van der Waals surface area contributed by atoms with Gasteiger partial charge in [0.15, 0.2) is 0 Å². The third-order valence-corrected chi connectivity index (χ3v) is 4.94. The van der Waals surface area contributed by atoms with Crippen LogP contribution in [0.25, 0.3) is 0 Å². The molecule has 0 radical (unpaired) electrons. The maximum Gasteiger partial charge on any atom is 0.253 e. The van der Waals surface area contributed by atoms with Gasteiger partial charge in [0.05, 0.1) is 0 Å². The normalized spacial score (nSPS) is 20.0. The Morgan fingerprint density at radius 3 is 2.50 bits per heavy atom. The van der Waals surface area contributed by atoms with Gasteiger partial charge in [0.25, 0.3) is 5.91 Å². The number of carbonyl (C=O) groups is 1. The van der Waals surface area contributed by atoms with Gasteiger partial charge in [-0.2, -0.15) is 0 Å². The summed E-state index contributed by atoms with van der Waals surface area (Å²) in [6.07, 6.45) is 2.33. The van der Waals surface area contributed by atoms with Crippen molar-refractivity contribution in [3.8, 4) is 0 Å². The standard InChI is InChI=1S/C17H24BrNO/c1-17(2,3)15-8-6-14(7-9-15)16(20)19-10-4-5-13(11-18)12-19/h6-9,13H,4-5,10-12H2,1-3H3. The van der Waals surface area contributed by atoms with Gasteiger partial charge >= 0.3 is 0 Å². The summed E-state index contributed by atoms with van der Waals surface area (Å²) >= 11 is 3.54. The molecule has 0 spiro atoms. The number of hydrogen-bond acceptors (Lipinski definition) is 1. The Labute approximate surface area is 130 Å². The zero-order valence-electron chi connectivity index (χ0n) is 12.7. The van der Waals surface area contributed by atoms with Crippen molar-refractivity contribution in [2.45, 2.75) is 39.0 Å². The summed E-state index contributed by atoms with van der Waals surface area (Å²) in [5.41, 5.74) is 2.22. The van der Waals surface area contributed by atoms with Crippen molar-refractivity contribution in [1.29, 1.82) is 0 Å². The van der Waals surface area contributed by atoms with Gasteiger partial charge in [-0.1, -0.05) is 48.8 Å². The number of hydrogen-bond donors (Lipinski definition) is 0. The van der Waals surface area contributed by atoms with Crippen molar-refractivity contribution in [1.82, 2.24) is 4.90 Å². The van der Waals surface area contributed by atoms with Crippen LogP contribution in [0.2, 0.25) is 0 Å². The third-order valence-electron chi connectivity index (χ3n) is 4.02. The highest BCUT2D eigenvalue weighted by atomic mass is 79.9. The molecule has 2 rings (SSSR count). The molecular weight excluding hydrogens is 314 g/mol. The van der Waals surface area contributed by atoms with Gasteiger partial charge < -0.3 is 4.90 Å². The van der Waals surface area contributed by atoms with Gasteiger partial charge in [-0.3, -0.25) is 4.79 Å². The van der Waals surface area contributed by atoms with Crippen molar-refractivity contribution < 1.29 is 4.79 Å². The van der Waals surface area contributed by atoms with E-state index in [9.17, 15) is 4.79 Å². The van der Waals surface area contributed by atoms with Gasteiger partial charge in [0, 0.05) is 24.0 Å². The zero-order chi connectivity index (χ0) is 14.8. The number of carbonyl (C=O) groups excluding carboxylic acids is 1. The second kappa shape index (κ2) is 6.30. The van der Waals surface area contributed by atoms with Crippen LogP contribution in [0.5, 0.6) is 0 Å². The van der Waals surface area contributed by atoms with Crippen molar-refractivity contribution >= 4 is 21.8 Å². The number of halogens is 1. The molecule has 3 heteroatoms. The zero-order valence-corrected chi connectivity index (χ0v) is 14.2. The average Bonchev–Trinajstić information content (AvgIpc) is 2.46. The van der Waals surface area contributed by atoms with E-state index in [0.29, 0.717) is 5.92 Å². The molecule has 110 valence electrons. The van der Waals surface area contributed by atoms with Crippen LogP contribution in [0.1, 0.15) is 49.5 Å². The monoisotopic (exact) mass is 337 g/mol. The molecule has 0 aromatic heterocycles. The van der Waals surface area contributed by atoms with Gasteiger partial charge in [-0.15, -0.1) is 0 Å². The molecule has 0 aliphatic carbocycles. The van der Waals surface area contributed by atoms with Crippen molar-refractivity contribution in [2.24, 2.45) is 5.92 Å². The number of amides is 1. The molecule has 1 fully saturated rings. The van der Waals surface area contributed by atoms with E-state index >= 15 is 0 Å². The fourth-order valence-electron chi connectivity index (χ4n) is 2.67. The summed E-state index contributed by atoms with van der Waals surface area (Å²) in [4.78, 5) is 14.5. The minimum absolute atomic E-state index is 0.133. The minimum Gasteiger partial charge on any atom is -0.338 e. The first kappa shape index (κ1) is 15.6. The van der Waals surface area contributed by atoms with E-state index in [1.165, 1.54) is 12.0 Å². The average molecular weight is 338 g/mol. The van der Waals surface area contributed by atoms with Gasteiger partial charge in [0.2, 0.25) is 0 Å². The molecule has 1 atom stereocenters. The van der Waals surface area contributed by atoms with Gasteiger partial charge in [-0.05, 0) is 41.9 Å². The Bertz CT molecular complexity index is 461. The Morgan fingerprint density at radius 1 is 1.30 bits per heavy atom. The number of alkyl halides is 1. The van der Waals surface area contributed by atoms with Crippen LogP contribution in [-0.2, 0) is 5.41 Å². The smallest absolute Gasteiger partial charge is 0.253 e. The van der Waals surface area contributed by atoms with Crippen LogP contribution in [0.15, 0.2) is 24.3 Å². The highest BCUT2D eigenvalue weighted by molar-refractivity contribution is 9.09. The Hall–Kier alpha value is -0.830. The second-order valence-corrected chi connectivity index (χ2v) is 7.39. The Kier molecular flexibility index (Phi) is 4.90. The first-order valence-corrected chi connectivity index (χ1v) is 8.50. The van der Waals surface area contributed by atoms with E-state index in [1.807, 2.05) is 17.0 Å². The molecule has 1 aliphatic heterocycles. The summed E-state index contributed by atoms with van der Waals surface area (Å²) in [5, 5.41) is 0.986. The number of likely N-dealkylation sites (tertiary alicyclic amines) is 1. The molecular formula is C17H24BrNO. The summed E-state index contributed by atoms with van der Waals surface area (Å²) in [6.45, 7) is 8.34. The largest absolute Gasteiger partial charge is 0.338 e. The molecule has 1 heterocycles. The van der Waals surface area contributed by atoms with E-state index in [-0.39, 0.29) is 11.3 Å². The molecule has 0 bridgehead atoms. The van der Waals surface area contributed by atoms with Crippen molar-refractivity contribution in [3.05, 3.63) is 35.4 Å². The van der Waals surface area contributed by atoms with Crippen LogP contribution in [0.4, 0.5) is 0 Å². The lowest BCUT2D eigenvalue weighted by atomic mass is 9.86. The number of piperidine rings is 1. The van der Waals surface area contributed by atoms with Gasteiger partial charge in [-0.25, -0.2) is 0 Å². The van der Waals surface area contributed by atoms with Crippen LogP contribution in [0, 0.1) is 5.92 Å². The van der Waals surface area contributed by atoms with Crippen LogP contribution in [0.3, 0.4) is 0 Å². The highest BCUT2D eigenvalue weighted by Crippen LogP contribution is 2.24. The SMILES string of the molecule is CC(C)(C)c1ccc(C(=O)N2CCCC(CBr)C2)cc1. The first-order chi connectivity index (χ1) is 9.41. The van der Waals surface area contributed by atoms with E-state index in [2.05, 4.69) is 48.8 Å². The van der Waals surface area contributed by atoms with E-state index in [1.54, 1.807) is 0 Å². The molecule has 20 heavy (non-hydrogen) atoms. The quantitative estimate of drug-likeness (QED) is 0.739. The lowest BCUT2D eigenvalue weighted by molar-refractivity contribution is 0.0686. The molecule has 1 amide bonds.